The molecule has 0 bridgehead atoms. The van der Waals surface area contributed by atoms with Crippen molar-refractivity contribution in [3.63, 3.8) is 0 Å². The molecule has 2 heteroatoms. The van der Waals surface area contributed by atoms with E-state index in [-0.39, 0.29) is 0 Å². The van der Waals surface area contributed by atoms with Crippen LogP contribution in [0.15, 0.2) is 194 Å². The van der Waals surface area contributed by atoms with Gasteiger partial charge in [-0.05, 0) is 96.7 Å². The molecular weight excluding hydrogens is 641 g/mol. The maximum atomic E-state index is 7.32. The Morgan fingerprint density at radius 2 is 0.887 bits per heavy atom. The van der Waals surface area contributed by atoms with Gasteiger partial charge in [-0.2, -0.15) is 0 Å². The van der Waals surface area contributed by atoms with Crippen molar-refractivity contribution >= 4 is 67.2 Å². The molecule has 0 amide bonds. The molecule has 0 N–H and O–H groups in total. The fraction of sp³-hybridized carbons (Fsp3) is 0. The molecule has 0 fully saturated rings. The van der Waals surface area contributed by atoms with Crippen molar-refractivity contribution in [2.24, 2.45) is 0 Å². The summed E-state index contributed by atoms with van der Waals surface area (Å²) in [5.74, 6) is 0. The minimum atomic E-state index is 0.649. The van der Waals surface area contributed by atoms with Gasteiger partial charge in [-0.3, -0.25) is 0 Å². The SMILES string of the molecule is [C-]#[N+]c1cccc(C=Cc2ccc(-c3c4ccccc4c(-c4ccc(N(c5ccccc5)c5cccc6ccccc56)cc4)c4ccccc34)cc2)c1. The van der Waals surface area contributed by atoms with E-state index in [1.165, 1.54) is 54.6 Å². The van der Waals surface area contributed by atoms with E-state index in [1.807, 2.05) is 24.3 Å². The zero-order chi connectivity index (χ0) is 35.6. The summed E-state index contributed by atoms with van der Waals surface area (Å²) in [6.45, 7) is 7.32. The van der Waals surface area contributed by atoms with Gasteiger partial charge in [0, 0.05) is 16.8 Å². The first-order valence-corrected chi connectivity index (χ1v) is 17.9. The van der Waals surface area contributed by atoms with Crippen LogP contribution in [0.25, 0.3) is 71.6 Å². The molecule has 0 atom stereocenters. The fourth-order valence-corrected chi connectivity index (χ4v) is 7.59. The Morgan fingerprint density at radius 1 is 0.396 bits per heavy atom. The zero-order valence-corrected chi connectivity index (χ0v) is 29.0. The third-order valence-electron chi connectivity index (χ3n) is 10.0. The number of rotatable bonds is 7. The number of anilines is 3. The Labute approximate surface area is 310 Å². The Morgan fingerprint density at radius 3 is 1.51 bits per heavy atom. The van der Waals surface area contributed by atoms with Gasteiger partial charge >= 0.3 is 0 Å². The highest BCUT2D eigenvalue weighted by Crippen LogP contribution is 2.45. The molecule has 0 spiro atoms. The first-order valence-electron chi connectivity index (χ1n) is 17.9. The second-order valence-corrected chi connectivity index (χ2v) is 13.2. The lowest BCUT2D eigenvalue weighted by Gasteiger charge is -2.27. The molecule has 0 aromatic heterocycles. The van der Waals surface area contributed by atoms with E-state index < -0.39 is 0 Å². The van der Waals surface area contributed by atoms with Crippen LogP contribution < -0.4 is 4.90 Å². The molecule has 248 valence electrons. The molecular formula is C51H34N2. The molecule has 0 heterocycles. The molecule has 0 saturated carbocycles. The molecule has 0 aliphatic carbocycles. The largest absolute Gasteiger partial charge is 0.310 e. The van der Waals surface area contributed by atoms with Gasteiger partial charge in [0.25, 0.3) is 0 Å². The summed E-state index contributed by atoms with van der Waals surface area (Å²) in [6.07, 6.45) is 4.17. The summed E-state index contributed by atoms with van der Waals surface area (Å²) in [7, 11) is 0. The lowest BCUT2D eigenvalue weighted by Crippen LogP contribution is -2.10. The van der Waals surface area contributed by atoms with Gasteiger partial charge in [-0.1, -0.05) is 170 Å². The topological polar surface area (TPSA) is 7.60 Å². The molecule has 53 heavy (non-hydrogen) atoms. The van der Waals surface area contributed by atoms with E-state index in [0.717, 1.165) is 28.2 Å². The molecule has 0 unspecified atom stereocenters. The average Bonchev–Trinajstić information content (AvgIpc) is 3.23. The standard InChI is InChI=1S/C51H34N2/c1-52-41-16-11-13-37(35-41)26-25-36-27-29-39(30-28-36)50-45-20-7-9-22-47(45)51(48-23-10-8-21-46(48)50)40-31-33-43(34-32-40)53(42-17-3-2-4-18-42)49-24-12-15-38-14-5-6-19-44(38)49/h2-35H. The van der Waals surface area contributed by atoms with E-state index in [1.54, 1.807) is 0 Å². The van der Waals surface area contributed by atoms with Crippen LogP contribution in [-0.4, -0.2) is 0 Å². The van der Waals surface area contributed by atoms with Gasteiger partial charge in [0.05, 0.1) is 12.3 Å². The quantitative estimate of drug-likeness (QED) is 0.0927. The summed E-state index contributed by atoms with van der Waals surface area (Å²) in [5, 5.41) is 7.34. The third-order valence-corrected chi connectivity index (χ3v) is 10.0. The number of para-hydroxylation sites is 1. The van der Waals surface area contributed by atoms with Crippen LogP contribution in [0.2, 0.25) is 0 Å². The van der Waals surface area contributed by atoms with Crippen LogP contribution >= 0.6 is 0 Å². The number of benzene rings is 9. The van der Waals surface area contributed by atoms with E-state index >= 15 is 0 Å². The summed E-state index contributed by atoms with van der Waals surface area (Å²) < 4.78 is 0. The summed E-state index contributed by atoms with van der Waals surface area (Å²) in [4.78, 5) is 5.92. The molecule has 9 aromatic carbocycles. The van der Waals surface area contributed by atoms with Crippen molar-refractivity contribution < 1.29 is 0 Å². The van der Waals surface area contributed by atoms with E-state index in [4.69, 9.17) is 6.57 Å². The van der Waals surface area contributed by atoms with E-state index in [2.05, 4.69) is 192 Å². The molecule has 0 radical (unpaired) electrons. The van der Waals surface area contributed by atoms with Gasteiger partial charge in [-0.15, -0.1) is 0 Å². The normalized spacial score (nSPS) is 11.3. The van der Waals surface area contributed by atoms with Crippen molar-refractivity contribution in [2.75, 3.05) is 4.90 Å². The smallest absolute Gasteiger partial charge is 0.187 e. The molecule has 2 nitrogen and oxygen atoms in total. The van der Waals surface area contributed by atoms with Crippen molar-refractivity contribution in [2.45, 2.75) is 0 Å². The van der Waals surface area contributed by atoms with Gasteiger partial charge in [0.15, 0.2) is 5.69 Å². The highest BCUT2D eigenvalue weighted by atomic mass is 15.1. The Kier molecular flexibility index (Phi) is 8.29. The van der Waals surface area contributed by atoms with Crippen molar-refractivity contribution in [1.29, 1.82) is 0 Å². The van der Waals surface area contributed by atoms with Gasteiger partial charge < -0.3 is 4.90 Å². The number of fused-ring (bicyclic) bond motifs is 3. The van der Waals surface area contributed by atoms with Crippen LogP contribution in [0, 0.1) is 6.57 Å². The number of nitrogens with zero attached hydrogens (tertiary/aromatic N) is 2. The highest BCUT2D eigenvalue weighted by Gasteiger charge is 2.18. The first kappa shape index (κ1) is 31.7. The predicted molar refractivity (Wildman–Crippen MR) is 226 cm³/mol. The highest BCUT2D eigenvalue weighted by molar-refractivity contribution is 6.21. The zero-order valence-electron chi connectivity index (χ0n) is 29.0. The van der Waals surface area contributed by atoms with Crippen LogP contribution in [0.5, 0.6) is 0 Å². The third kappa shape index (κ3) is 6.01. The van der Waals surface area contributed by atoms with Crippen molar-refractivity contribution in [3.8, 4) is 22.3 Å². The second kappa shape index (κ2) is 13.8. The monoisotopic (exact) mass is 674 g/mol. The second-order valence-electron chi connectivity index (χ2n) is 13.2. The van der Waals surface area contributed by atoms with Gasteiger partial charge in [0.1, 0.15) is 0 Å². The van der Waals surface area contributed by atoms with E-state index in [9.17, 15) is 0 Å². The van der Waals surface area contributed by atoms with Gasteiger partial charge in [-0.25, -0.2) is 4.85 Å². The van der Waals surface area contributed by atoms with Crippen LogP contribution in [0.3, 0.4) is 0 Å². The molecule has 9 aromatic rings. The number of hydrogen-bond donors (Lipinski definition) is 0. The lowest BCUT2D eigenvalue weighted by molar-refractivity contribution is 1.30. The Bertz CT molecular complexity index is 2760. The van der Waals surface area contributed by atoms with Crippen LogP contribution in [0.1, 0.15) is 11.1 Å². The lowest BCUT2D eigenvalue weighted by atomic mass is 9.86. The van der Waals surface area contributed by atoms with E-state index in [0.29, 0.717) is 5.69 Å². The maximum absolute atomic E-state index is 7.32. The van der Waals surface area contributed by atoms with Crippen LogP contribution in [0.4, 0.5) is 22.7 Å². The Hall–Kier alpha value is -7.21. The fourth-order valence-electron chi connectivity index (χ4n) is 7.59. The minimum absolute atomic E-state index is 0.649. The van der Waals surface area contributed by atoms with Crippen molar-refractivity contribution in [3.05, 3.63) is 217 Å². The van der Waals surface area contributed by atoms with Crippen LogP contribution in [-0.2, 0) is 0 Å². The first-order chi connectivity index (χ1) is 26.2. The molecule has 9 rings (SSSR count). The number of hydrogen-bond acceptors (Lipinski definition) is 1. The predicted octanol–water partition coefficient (Wildman–Crippen LogP) is 14.7. The summed E-state index contributed by atoms with van der Waals surface area (Å²) in [6, 6.07) is 68.9. The van der Waals surface area contributed by atoms with Gasteiger partial charge in [0.2, 0.25) is 0 Å². The molecule has 0 saturated heterocycles. The minimum Gasteiger partial charge on any atom is -0.310 e. The Balaban J connectivity index is 1.14. The summed E-state index contributed by atoms with van der Waals surface area (Å²) in [5.41, 5.74) is 11.0. The average molecular weight is 675 g/mol. The summed E-state index contributed by atoms with van der Waals surface area (Å²) >= 11 is 0. The molecule has 0 aliphatic rings. The van der Waals surface area contributed by atoms with Crippen molar-refractivity contribution in [1.82, 2.24) is 0 Å². The molecule has 0 aliphatic heterocycles. The maximum Gasteiger partial charge on any atom is 0.187 e.